The molecule has 0 spiro atoms. The molecule has 0 amide bonds. The molecule has 2 atom stereocenters. The fourth-order valence-corrected chi connectivity index (χ4v) is 3.90. The highest BCUT2D eigenvalue weighted by Crippen LogP contribution is 2.28. The second kappa shape index (κ2) is 6.80. The van der Waals surface area contributed by atoms with Crippen LogP contribution in [0.1, 0.15) is 44.1 Å². The Bertz CT molecular complexity index is 456. The van der Waals surface area contributed by atoms with Crippen molar-refractivity contribution in [3.63, 3.8) is 0 Å². The molecule has 3 heteroatoms. The summed E-state index contributed by atoms with van der Waals surface area (Å²) in [6.07, 6.45) is 6.99. The average molecular weight is 288 g/mol. The molecule has 1 N–H and O–H groups in total. The number of likely N-dealkylation sites (N-methyl/N-ethyl adjacent to an activating group) is 1. The molecule has 3 nitrogen and oxygen atoms in total. The Morgan fingerprint density at radius 1 is 1.10 bits per heavy atom. The molecule has 1 aliphatic heterocycles. The Morgan fingerprint density at radius 3 is 2.57 bits per heavy atom. The van der Waals surface area contributed by atoms with Crippen LogP contribution in [0.2, 0.25) is 0 Å². The lowest BCUT2D eigenvalue weighted by Gasteiger charge is -2.36. The van der Waals surface area contributed by atoms with Gasteiger partial charge in [-0.25, -0.2) is 0 Å². The molecular weight excluding hydrogens is 260 g/mol. The Morgan fingerprint density at radius 2 is 1.81 bits per heavy atom. The third-order valence-corrected chi connectivity index (χ3v) is 5.12. The third kappa shape index (κ3) is 3.41. The monoisotopic (exact) mass is 288 g/mol. The van der Waals surface area contributed by atoms with E-state index in [9.17, 15) is 5.11 Å². The van der Waals surface area contributed by atoms with E-state index in [0.717, 1.165) is 19.4 Å². The summed E-state index contributed by atoms with van der Waals surface area (Å²) in [5.74, 6) is 0. The summed E-state index contributed by atoms with van der Waals surface area (Å²) < 4.78 is 0. The van der Waals surface area contributed by atoms with Gasteiger partial charge < -0.3 is 10.0 Å². The van der Waals surface area contributed by atoms with Crippen molar-refractivity contribution in [1.82, 2.24) is 4.90 Å². The Kier molecular flexibility index (Phi) is 4.81. The molecule has 0 aromatic heterocycles. The zero-order valence-electron chi connectivity index (χ0n) is 13.2. The molecule has 116 valence electrons. The molecule has 2 fully saturated rings. The summed E-state index contributed by atoms with van der Waals surface area (Å²) in [7, 11) is 2.17. The minimum Gasteiger partial charge on any atom is -0.391 e. The summed E-state index contributed by atoms with van der Waals surface area (Å²) in [5, 5.41) is 10.2. The minimum atomic E-state index is -0.150. The first-order valence-electron chi connectivity index (χ1n) is 8.47. The van der Waals surface area contributed by atoms with Gasteiger partial charge in [0.2, 0.25) is 0 Å². The second-order valence-electron chi connectivity index (χ2n) is 6.66. The van der Waals surface area contributed by atoms with Crippen LogP contribution < -0.4 is 4.90 Å². The van der Waals surface area contributed by atoms with E-state index in [-0.39, 0.29) is 6.10 Å². The van der Waals surface area contributed by atoms with Gasteiger partial charge in [0, 0.05) is 31.4 Å². The van der Waals surface area contributed by atoms with Gasteiger partial charge in [-0.15, -0.1) is 0 Å². The average Bonchev–Trinajstić information content (AvgIpc) is 3.02. The van der Waals surface area contributed by atoms with Gasteiger partial charge in [-0.05, 0) is 44.4 Å². The lowest BCUT2D eigenvalue weighted by Crippen LogP contribution is -2.43. The van der Waals surface area contributed by atoms with E-state index in [2.05, 4.69) is 41.1 Å². The zero-order valence-corrected chi connectivity index (χ0v) is 13.2. The van der Waals surface area contributed by atoms with Crippen LogP contribution in [-0.2, 0) is 6.54 Å². The Labute approximate surface area is 128 Å². The molecule has 1 aromatic carbocycles. The molecule has 1 heterocycles. The number of para-hydroxylation sites is 1. The molecular formula is C18H28N2O. The number of nitrogens with zero attached hydrogens (tertiary/aromatic N) is 2. The number of aliphatic hydroxyl groups is 1. The lowest BCUT2D eigenvalue weighted by molar-refractivity contribution is 0.0289. The predicted octanol–water partition coefficient (Wildman–Crippen LogP) is 3.02. The van der Waals surface area contributed by atoms with Crippen LogP contribution >= 0.6 is 0 Å². The van der Waals surface area contributed by atoms with Crippen molar-refractivity contribution in [1.29, 1.82) is 0 Å². The SMILES string of the molecule is CN(Cc1ccccc1N1CCCC1)C1CCCCC1O. The van der Waals surface area contributed by atoms with Crippen LogP contribution in [0, 0.1) is 0 Å². The van der Waals surface area contributed by atoms with E-state index >= 15 is 0 Å². The van der Waals surface area contributed by atoms with E-state index in [0.29, 0.717) is 6.04 Å². The van der Waals surface area contributed by atoms with E-state index in [1.54, 1.807) is 0 Å². The third-order valence-electron chi connectivity index (χ3n) is 5.12. The van der Waals surface area contributed by atoms with Gasteiger partial charge in [-0.3, -0.25) is 4.90 Å². The topological polar surface area (TPSA) is 26.7 Å². The number of rotatable bonds is 4. The van der Waals surface area contributed by atoms with Crippen molar-refractivity contribution < 1.29 is 5.11 Å². The molecule has 1 saturated carbocycles. The van der Waals surface area contributed by atoms with Crippen molar-refractivity contribution in [3.05, 3.63) is 29.8 Å². The van der Waals surface area contributed by atoms with Crippen molar-refractivity contribution in [2.24, 2.45) is 0 Å². The fraction of sp³-hybridized carbons (Fsp3) is 0.667. The van der Waals surface area contributed by atoms with Crippen LogP contribution in [0.5, 0.6) is 0 Å². The standard InChI is InChI=1S/C18H28N2O/c1-19(17-10-4-5-11-18(17)21)14-15-8-2-3-9-16(15)20-12-6-7-13-20/h2-3,8-9,17-18,21H,4-7,10-14H2,1H3. The molecule has 0 radical (unpaired) electrons. The molecule has 21 heavy (non-hydrogen) atoms. The summed E-state index contributed by atoms with van der Waals surface area (Å²) >= 11 is 0. The number of aliphatic hydroxyl groups excluding tert-OH is 1. The van der Waals surface area contributed by atoms with E-state index < -0.39 is 0 Å². The number of anilines is 1. The highest BCUT2D eigenvalue weighted by atomic mass is 16.3. The van der Waals surface area contributed by atoms with Gasteiger partial charge >= 0.3 is 0 Å². The van der Waals surface area contributed by atoms with E-state index in [1.165, 1.54) is 50.0 Å². The quantitative estimate of drug-likeness (QED) is 0.922. The summed E-state index contributed by atoms with van der Waals surface area (Å²) in [5.41, 5.74) is 2.80. The maximum absolute atomic E-state index is 10.2. The van der Waals surface area contributed by atoms with Crippen LogP contribution in [0.4, 0.5) is 5.69 Å². The number of hydrogen-bond acceptors (Lipinski definition) is 3. The normalized spacial score (nSPS) is 26.5. The Hall–Kier alpha value is -1.06. The second-order valence-corrected chi connectivity index (χ2v) is 6.66. The Balaban J connectivity index is 1.71. The van der Waals surface area contributed by atoms with Crippen molar-refractivity contribution in [2.75, 3.05) is 25.0 Å². The van der Waals surface area contributed by atoms with Gasteiger partial charge in [0.1, 0.15) is 0 Å². The molecule has 1 aliphatic carbocycles. The first kappa shape index (κ1) is 14.9. The van der Waals surface area contributed by atoms with Gasteiger partial charge in [-0.2, -0.15) is 0 Å². The van der Waals surface area contributed by atoms with Crippen molar-refractivity contribution in [2.45, 2.75) is 57.2 Å². The first-order chi connectivity index (χ1) is 10.3. The maximum atomic E-state index is 10.2. The fourth-order valence-electron chi connectivity index (χ4n) is 3.90. The number of benzene rings is 1. The van der Waals surface area contributed by atoms with Crippen LogP contribution in [0.15, 0.2) is 24.3 Å². The minimum absolute atomic E-state index is 0.150. The molecule has 3 rings (SSSR count). The highest BCUT2D eigenvalue weighted by molar-refractivity contribution is 5.54. The van der Waals surface area contributed by atoms with Crippen LogP contribution in [0.25, 0.3) is 0 Å². The van der Waals surface area contributed by atoms with E-state index in [1.807, 2.05) is 0 Å². The zero-order chi connectivity index (χ0) is 14.7. The predicted molar refractivity (Wildman–Crippen MR) is 87.6 cm³/mol. The van der Waals surface area contributed by atoms with Gasteiger partial charge in [-0.1, -0.05) is 31.0 Å². The van der Waals surface area contributed by atoms with Gasteiger partial charge in [0.25, 0.3) is 0 Å². The smallest absolute Gasteiger partial charge is 0.0695 e. The molecule has 1 saturated heterocycles. The first-order valence-corrected chi connectivity index (χ1v) is 8.47. The molecule has 0 bridgehead atoms. The van der Waals surface area contributed by atoms with E-state index in [4.69, 9.17) is 0 Å². The van der Waals surface area contributed by atoms with Gasteiger partial charge in [0.15, 0.2) is 0 Å². The van der Waals surface area contributed by atoms with Crippen LogP contribution in [-0.4, -0.2) is 42.3 Å². The van der Waals surface area contributed by atoms with Crippen molar-refractivity contribution >= 4 is 5.69 Å². The lowest BCUT2D eigenvalue weighted by atomic mass is 9.91. The summed E-state index contributed by atoms with van der Waals surface area (Å²) in [6, 6.07) is 9.11. The molecule has 2 aliphatic rings. The van der Waals surface area contributed by atoms with Gasteiger partial charge in [0.05, 0.1) is 6.10 Å². The largest absolute Gasteiger partial charge is 0.391 e. The molecule has 2 unspecified atom stereocenters. The molecule has 1 aromatic rings. The maximum Gasteiger partial charge on any atom is 0.0695 e. The highest BCUT2D eigenvalue weighted by Gasteiger charge is 2.27. The number of hydrogen-bond donors (Lipinski definition) is 1. The van der Waals surface area contributed by atoms with Crippen LogP contribution in [0.3, 0.4) is 0 Å². The summed E-state index contributed by atoms with van der Waals surface area (Å²) in [6.45, 7) is 3.31. The summed E-state index contributed by atoms with van der Waals surface area (Å²) in [4.78, 5) is 4.87. The van der Waals surface area contributed by atoms with Crippen molar-refractivity contribution in [3.8, 4) is 0 Å².